The van der Waals surface area contributed by atoms with E-state index in [4.69, 9.17) is 14.2 Å². The summed E-state index contributed by atoms with van der Waals surface area (Å²) in [6, 6.07) is 6.53. The topological polar surface area (TPSA) is 89.4 Å². The molecule has 9 heteroatoms. The Morgan fingerprint density at radius 3 is 2.00 bits per heavy atom. The van der Waals surface area contributed by atoms with E-state index in [1.54, 1.807) is 24.3 Å². The molecule has 0 atom stereocenters. The van der Waals surface area contributed by atoms with Crippen molar-refractivity contribution in [2.45, 2.75) is 20.8 Å². The van der Waals surface area contributed by atoms with E-state index in [0.717, 1.165) is 0 Å². The van der Waals surface area contributed by atoms with Gasteiger partial charge in [0, 0.05) is 5.56 Å². The van der Waals surface area contributed by atoms with Crippen molar-refractivity contribution in [3.8, 4) is 23.0 Å². The smallest absolute Gasteiger partial charge is 0.271 e. The van der Waals surface area contributed by atoms with Gasteiger partial charge in [-0.2, -0.15) is 5.10 Å². The molecule has 2 rings (SSSR count). The van der Waals surface area contributed by atoms with Crippen LogP contribution in [-0.2, 0) is 0 Å². The fourth-order valence-electron chi connectivity index (χ4n) is 2.41. The molecular weight excluding hydrogens is 508 g/mol. The third kappa shape index (κ3) is 6.11. The Balaban J connectivity index is 2.25. The molecule has 0 aromatic heterocycles. The van der Waals surface area contributed by atoms with Crippen molar-refractivity contribution in [1.29, 1.82) is 0 Å². The number of amides is 1. The highest BCUT2D eigenvalue weighted by atomic mass is 79.9. The fraction of sp³-hybridized carbons (Fsp3) is 0.300. The Morgan fingerprint density at radius 1 is 1.00 bits per heavy atom. The third-order valence-electron chi connectivity index (χ3n) is 3.59. The second-order valence-electron chi connectivity index (χ2n) is 5.63. The number of nitrogens with zero attached hydrogens (tertiary/aromatic N) is 1. The summed E-state index contributed by atoms with van der Waals surface area (Å²) < 4.78 is 17.9. The van der Waals surface area contributed by atoms with Crippen LogP contribution in [0.15, 0.2) is 38.3 Å². The van der Waals surface area contributed by atoms with Crippen molar-refractivity contribution in [2.75, 3.05) is 19.8 Å². The van der Waals surface area contributed by atoms with Crippen LogP contribution in [0.5, 0.6) is 23.0 Å². The first kappa shape index (κ1) is 23.0. The lowest BCUT2D eigenvalue weighted by molar-refractivity contribution is 0.0954. The number of carbonyl (C=O) groups excluding carboxylic acids is 1. The molecule has 0 saturated carbocycles. The van der Waals surface area contributed by atoms with Crippen LogP contribution < -0.4 is 19.6 Å². The van der Waals surface area contributed by atoms with Gasteiger partial charge in [0.05, 0.1) is 35.0 Å². The van der Waals surface area contributed by atoms with Crippen LogP contribution in [0.1, 0.15) is 36.7 Å². The van der Waals surface area contributed by atoms with Crippen LogP contribution in [0.4, 0.5) is 0 Å². The van der Waals surface area contributed by atoms with Gasteiger partial charge in [0.2, 0.25) is 5.75 Å². The zero-order valence-electron chi connectivity index (χ0n) is 16.3. The minimum Gasteiger partial charge on any atom is -0.506 e. The normalized spacial score (nSPS) is 10.8. The van der Waals surface area contributed by atoms with Gasteiger partial charge in [-0.1, -0.05) is 0 Å². The fourth-order valence-corrected chi connectivity index (χ4v) is 3.63. The lowest BCUT2D eigenvalue weighted by Gasteiger charge is -2.16. The number of aromatic hydroxyl groups is 1. The second-order valence-corrected chi connectivity index (χ2v) is 7.34. The van der Waals surface area contributed by atoms with E-state index in [9.17, 15) is 9.90 Å². The van der Waals surface area contributed by atoms with Gasteiger partial charge >= 0.3 is 0 Å². The lowest BCUT2D eigenvalue weighted by atomic mass is 10.1. The maximum Gasteiger partial charge on any atom is 0.271 e. The minimum atomic E-state index is -0.428. The number of nitrogens with one attached hydrogen (secondary N) is 1. The second kappa shape index (κ2) is 11.1. The number of phenolic OH excluding ortho intramolecular Hbond substituents is 1. The van der Waals surface area contributed by atoms with Crippen molar-refractivity contribution in [3.05, 3.63) is 44.3 Å². The van der Waals surface area contributed by atoms with Crippen molar-refractivity contribution >= 4 is 44.0 Å². The summed E-state index contributed by atoms with van der Waals surface area (Å²) in [4.78, 5) is 12.6. The van der Waals surface area contributed by atoms with E-state index in [1.807, 2.05) is 20.8 Å². The summed E-state index contributed by atoms with van der Waals surface area (Å²) in [5, 5.41) is 13.7. The van der Waals surface area contributed by atoms with E-state index >= 15 is 0 Å². The molecule has 0 aliphatic heterocycles. The molecule has 29 heavy (non-hydrogen) atoms. The van der Waals surface area contributed by atoms with Crippen molar-refractivity contribution in [1.82, 2.24) is 5.43 Å². The van der Waals surface area contributed by atoms with Gasteiger partial charge in [0.25, 0.3) is 5.91 Å². The SMILES string of the molecule is CCOc1cc(C(=O)NN=Cc2cc(Br)c(O)c(Br)c2)cc(OCC)c1OCC. The predicted molar refractivity (Wildman–Crippen MR) is 119 cm³/mol. The summed E-state index contributed by atoms with van der Waals surface area (Å²) in [5.41, 5.74) is 3.48. The molecule has 0 heterocycles. The van der Waals surface area contributed by atoms with Crippen LogP contribution >= 0.6 is 31.9 Å². The summed E-state index contributed by atoms with van der Waals surface area (Å²) in [5.74, 6) is 0.993. The van der Waals surface area contributed by atoms with Gasteiger partial charge in [-0.3, -0.25) is 4.79 Å². The first-order valence-corrected chi connectivity index (χ1v) is 10.6. The molecule has 2 N–H and O–H groups in total. The molecule has 0 unspecified atom stereocenters. The average molecular weight is 530 g/mol. The highest BCUT2D eigenvalue weighted by Crippen LogP contribution is 2.39. The zero-order chi connectivity index (χ0) is 21.4. The van der Waals surface area contributed by atoms with E-state index < -0.39 is 5.91 Å². The Kier molecular flexibility index (Phi) is 8.78. The van der Waals surface area contributed by atoms with Crippen molar-refractivity contribution in [2.24, 2.45) is 5.10 Å². The van der Waals surface area contributed by atoms with E-state index in [0.29, 0.717) is 57.1 Å². The van der Waals surface area contributed by atoms with Crippen LogP contribution in [-0.4, -0.2) is 37.0 Å². The monoisotopic (exact) mass is 528 g/mol. The summed E-state index contributed by atoms with van der Waals surface area (Å²) in [6.45, 7) is 6.83. The molecule has 0 bridgehead atoms. The number of benzene rings is 2. The Bertz CT molecular complexity index is 852. The molecule has 2 aromatic rings. The van der Waals surface area contributed by atoms with Crippen LogP contribution in [0.2, 0.25) is 0 Å². The number of phenols is 1. The Morgan fingerprint density at radius 2 is 1.52 bits per heavy atom. The van der Waals surface area contributed by atoms with Crippen molar-refractivity contribution in [3.63, 3.8) is 0 Å². The third-order valence-corrected chi connectivity index (χ3v) is 4.80. The molecule has 1 amide bonds. The molecule has 0 spiro atoms. The maximum absolute atomic E-state index is 12.6. The Hall–Kier alpha value is -2.26. The van der Waals surface area contributed by atoms with E-state index in [1.165, 1.54) is 6.21 Å². The number of hydrogen-bond donors (Lipinski definition) is 2. The number of rotatable bonds is 9. The molecule has 0 saturated heterocycles. The number of ether oxygens (including phenoxy) is 3. The molecule has 0 aliphatic carbocycles. The van der Waals surface area contributed by atoms with Gasteiger partial charge in [0.1, 0.15) is 5.75 Å². The molecular formula is C20H22Br2N2O5. The van der Waals surface area contributed by atoms with E-state index in [-0.39, 0.29) is 5.75 Å². The lowest BCUT2D eigenvalue weighted by Crippen LogP contribution is -2.18. The summed E-state index contributed by atoms with van der Waals surface area (Å²) >= 11 is 6.50. The molecule has 0 fully saturated rings. The highest BCUT2D eigenvalue weighted by Gasteiger charge is 2.18. The number of hydrazone groups is 1. The average Bonchev–Trinajstić information content (AvgIpc) is 2.68. The molecule has 0 radical (unpaired) electrons. The number of carbonyl (C=O) groups is 1. The summed E-state index contributed by atoms with van der Waals surface area (Å²) in [6.07, 6.45) is 1.47. The van der Waals surface area contributed by atoms with Gasteiger partial charge in [-0.25, -0.2) is 5.43 Å². The summed E-state index contributed by atoms with van der Waals surface area (Å²) in [7, 11) is 0. The van der Waals surface area contributed by atoms with Gasteiger partial charge in [0.15, 0.2) is 11.5 Å². The van der Waals surface area contributed by atoms with Gasteiger partial charge in [-0.15, -0.1) is 0 Å². The molecule has 7 nitrogen and oxygen atoms in total. The highest BCUT2D eigenvalue weighted by molar-refractivity contribution is 9.11. The number of halogens is 2. The maximum atomic E-state index is 12.6. The van der Waals surface area contributed by atoms with Crippen LogP contribution in [0, 0.1) is 0 Å². The molecule has 2 aromatic carbocycles. The predicted octanol–water partition coefficient (Wildman–Crippen LogP) is 4.88. The molecule has 0 aliphatic rings. The van der Waals surface area contributed by atoms with Crippen LogP contribution in [0.25, 0.3) is 0 Å². The van der Waals surface area contributed by atoms with Crippen molar-refractivity contribution < 1.29 is 24.1 Å². The van der Waals surface area contributed by atoms with E-state index in [2.05, 4.69) is 42.4 Å². The standard InChI is InChI=1S/C20H22Br2N2O5/c1-4-27-16-9-13(10-17(28-5-2)19(16)29-6-3)20(26)24-23-11-12-7-14(21)18(25)15(22)8-12/h7-11,25H,4-6H2,1-3H3,(H,24,26). The molecule has 156 valence electrons. The van der Waals surface area contributed by atoms with Gasteiger partial charge < -0.3 is 19.3 Å². The van der Waals surface area contributed by atoms with Gasteiger partial charge in [-0.05, 0) is 82.5 Å². The quantitative estimate of drug-likeness (QED) is 0.357. The first-order valence-electron chi connectivity index (χ1n) is 8.99. The van der Waals surface area contributed by atoms with Crippen LogP contribution in [0.3, 0.4) is 0 Å². The minimum absolute atomic E-state index is 0.0903. The largest absolute Gasteiger partial charge is 0.506 e. The first-order chi connectivity index (χ1) is 13.9. The zero-order valence-corrected chi connectivity index (χ0v) is 19.5. The Labute approximate surface area is 186 Å². The number of hydrogen-bond acceptors (Lipinski definition) is 6.